The Hall–Kier alpha value is -2.46. The first-order valence-corrected chi connectivity index (χ1v) is 12.7. The number of aliphatic hydroxyl groups is 1. The predicted octanol–water partition coefficient (Wildman–Crippen LogP) is 2.98. The van der Waals surface area contributed by atoms with Crippen molar-refractivity contribution < 1.29 is 9.90 Å². The number of halogens is 2. The second-order valence-electron chi connectivity index (χ2n) is 9.49. The molecule has 1 aromatic carbocycles. The SMILES string of the molecule is CC(c1ccc(Cl)cc1Cl)n1nc(C(N)=O)c2ncc(N3CC(C4CCCN(CCO)C4)C3)nc21. The highest BCUT2D eigenvalue weighted by Gasteiger charge is 2.36. The molecule has 2 aliphatic rings. The van der Waals surface area contributed by atoms with Crippen LogP contribution in [-0.4, -0.2) is 75.0 Å². The average Bonchev–Trinajstić information content (AvgIpc) is 3.18. The van der Waals surface area contributed by atoms with E-state index in [1.807, 2.05) is 13.0 Å². The van der Waals surface area contributed by atoms with Gasteiger partial charge in [-0.1, -0.05) is 29.3 Å². The molecule has 2 saturated heterocycles. The molecule has 0 saturated carbocycles. The molecule has 0 bridgehead atoms. The molecule has 2 aromatic heterocycles. The number of nitrogens with zero attached hydrogens (tertiary/aromatic N) is 6. The molecule has 0 aliphatic carbocycles. The fourth-order valence-electron chi connectivity index (χ4n) is 5.28. The summed E-state index contributed by atoms with van der Waals surface area (Å²) >= 11 is 12.5. The minimum Gasteiger partial charge on any atom is -0.395 e. The largest absolute Gasteiger partial charge is 0.395 e. The van der Waals surface area contributed by atoms with Crippen molar-refractivity contribution in [3.05, 3.63) is 45.7 Å². The number of piperidine rings is 1. The maximum atomic E-state index is 12.1. The minimum atomic E-state index is -0.654. The molecule has 1 amide bonds. The van der Waals surface area contributed by atoms with Gasteiger partial charge in [-0.15, -0.1) is 0 Å². The summed E-state index contributed by atoms with van der Waals surface area (Å²) in [5.74, 6) is 1.32. The summed E-state index contributed by atoms with van der Waals surface area (Å²) in [5, 5.41) is 14.8. The Bertz CT molecular complexity index is 1240. The molecule has 9 nitrogen and oxygen atoms in total. The third kappa shape index (κ3) is 4.70. The van der Waals surface area contributed by atoms with Crippen LogP contribution in [0.5, 0.6) is 0 Å². The first-order chi connectivity index (χ1) is 16.9. The van der Waals surface area contributed by atoms with Crippen LogP contribution in [0.2, 0.25) is 10.0 Å². The molecular formula is C24H29Cl2N7O2. The number of rotatable bonds is 7. The number of hydrogen-bond donors (Lipinski definition) is 2. The molecule has 0 spiro atoms. The predicted molar refractivity (Wildman–Crippen MR) is 136 cm³/mol. The normalized spacial score (nSPS) is 20.2. The van der Waals surface area contributed by atoms with E-state index in [1.54, 1.807) is 23.0 Å². The van der Waals surface area contributed by atoms with Crippen molar-refractivity contribution in [2.75, 3.05) is 44.2 Å². The maximum Gasteiger partial charge on any atom is 0.271 e. The summed E-state index contributed by atoms with van der Waals surface area (Å²) in [6.07, 6.45) is 4.09. The summed E-state index contributed by atoms with van der Waals surface area (Å²) in [5.41, 5.74) is 7.35. The van der Waals surface area contributed by atoms with Crippen LogP contribution in [0.3, 0.4) is 0 Å². The Morgan fingerprint density at radius 3 is 2.77 bits per heavy atom. The van der Waals surface area contributed by atoms with Gasteiger partial charge in [-0.05, 0) is 55.8 Å². The molecule has 2 unspecified atom stereocenters. The molecule has 3 aromatic rings. The molecule has 2 fully saturated rings. The highest BCUT2D eigenvalue weighted by atomic mass is 35.5. The Kier molecular flexibility index (Phi) is 6.85. The topological polar surface area (TPSA) is 113 Å². The van der Waals surface area contributed by atoms with Gasteiger partial charge in [0.05, 0.1) is 18.8 Å². The summed E-state index contributed by atoms with van der Waals surface area (Å²) < 4.78 is 1.66. The van der Waals surface area contributed by atoms with E-state index in [4.69, 9.17) is 33.9 Å². The lowest BCUT2D eigenvalue weighted by atomic mass is 9.80. The van der Waals surface area contributed by atoms with Gasteiger partial charge in [0.2, 0.25) is 0 Å². The fourth-order valence-corrected chi connectivity index (χ4v) is 5.84. The van der Waals surface area contributed by atoms with E-state index in [-0.39, 0.29) is 18.3 Å². The van der Waals surface area contributed by atoms with Gasteiger partial charge in [0, 0.05) is 36.2 Å². The number of aromatic nitrogens is 4. The Morgan fingerprint density at radius 1 is 1.26 bits per heavy atom. The number of anilines is 1. The van der Waals surface area contributed by atoms with Crippen LogP contribution in [0.1, 0.15) is 41.9 Å². The van der Waals surface area contributed by atoms with E-state index in [0.29, 0.717) is 33.0 Å². The maximum absolute atomic E-state index is 12.1. The molecule has 5 rings (SSSR count). The zero-order valence-corrected chi connectivity index (χ0v) is 21.1. The van der Waals surface area contributed by atoms with Gasteiger partial charge in [0.15, 0.2) is 11.3 Å². The van der Waals surface area contributed by atoms with Gasteiger partial charge in [-0.25, -0.2) is 14.6 Å². The minimum absolute atomic E-state index is 0.0867. The van der Waals surface area contributed by atoms with Gasteiger partial charge in [0.1, 0.15) is 11.3 Å². The molecule has 3 N–H and O–H groups in total. The van der Waals surface area contributed by atoms with Gasteiger partial charge >= 0.3 is 0 Å². The van der Waals surface area contributed by atoms with Crippen molar-refractivity contribution in [2.45, 2.75) is 25.8 Å². The second kappa shape index (κ2) is 9.89. The summed E-state index contributed by atoms with van der Waals surface area (Å²) in [7, 11) is 0. The molecule has 11 heteroatoms. The lowest BCUT2D eigenvalue weighted by molar-refractivity contribution is 0.0995. The highest BCUT2D eigenvalue weighted by molar-refractivity contribution is 6.35. The van der Waals surface area contributed by atoms with Crippen LogP contribution in [0, 0.1) is 11.8 Å². The zero-order valence-electron chi connectivity index (χ0n) is 19.6. The highest BCUT2D eigenvalue weighted by Crippen LogP contribution is 2.35. The average molecular weight is 518 g/mol. The van der Waals surface area contributed by atoms with E-state index < -0.39 is 5.91 Å². The molecule has 186 valence electrons. The summed E-state index contributed by atoms with van der Waals surface area (Å²) in [6.45, 7) is 6.81. The Labute approximate surface area is 213 Å². The van der Waals surface area contributed by atoms with Crippen molar-refractivity contribution in [1.29, 1.82) is 0 Å². The van der Waals surface area contributed by atoms with E-state index in [0.717, 1.165) is 44.1 Å². The van der Waals surface area contributed by atoms with Gasteiger partial charge in [-0.2, -0.15) is 5.10 Å². The van der Waals surface area contributed by atoms with Crippen LogP contribution in [-0.2, 0) is 0 Å². The van der Waals surface area contributed by atoms with Crippen molar-refractivity contribution in [2.24, 2.45) is 17.6 Å². The molecule has 2 aliphatic heterocycles. The van der Waals surface area contributed by atoms with Crippen molar-refractivity contribution in [1.82, 2.24) is 24.6 Å². The second-order valence-corrected chi connectivity index (χ2v) is 10.3. The number of hydrogen-bond acceptors (Lipinski definition) is 7. The number of nitrogens with two attached hydrogens (primary N) is 1. The number of benzene rings is 1. The van der Waals surface area contributed by atoms with Crippen molar-refractivity contribution >= 4 is 46.1 Å². The van der Waals surface area contributed by atoms with E-state index >= 15 is 0 Å². The van der Waals surface area contributed by atoms with Gasteiger partial charge in [0.25, 0.3) is 5.91 Å². The van der Waals surface area contributed by atoms with Crippen LogP contribution < -0.4 is 10.6 Å². The van der Waals surface area contributed by atoms with Gasteiger partial charge < -0.3 is 20.6 Å². The Morgan fingerprint density at radius 2 is 2.06 bits per heavy atom. The third-order valence-electron chi connectivity index (χ3n) is 7.26. The molecule has 2 atom stereocenters. The Balaban J connectivity index is 1.40. The zero-order chi connectivity index (χ0) is 24.7. The van der Waals surface area contributed by atoms with Crippen LogP contribution >= 0.6 is 23.2 Å². The number of aliphatic hydroxyl groups excluding tert-OH is 1. The van der Waals surface area contributed by atoms with Crippen LogP contribution in [0.15, 0.2) is 24.4 Å². The quantitative estimate of drug-likeness (QED) is 0.495. The van der Waals surface area contributed by atoms with Crippen LogP contribution in [0.25, 0.3) is 11.2 Å². The van der Waals surface area contributed by atoms with Gasteiger partial charge in [-0.3, -0.25) is 4.79 Å². The van der Waals surface area contributed by atoms with E-state index in [9.17, 15) is 9.90 Å². The summed E-state index contributed by atoms with van der Waals surface area (Å²) in [4.78, 5) is 26.0. The third-order valence-corrected chi connectivity index (χ3v) is 7.82. The van der Waals surface area contributed by atoms with Crippen molar-refractivity contribution in [3.8, 4) is 0 Å². The lowest BCUT2D eigenvalue weighted by Crippen LogP contribution is -2.54. The number of β-amino-alcohol motifs (C(OH)–C–C–N with tert-alkyl or cyclic N) is 1. The fraction of sp³-hybridized carbons (Fsp3) is 0.500. The van der Waals surface area contributed by atoms with Crippen LogP contribution in [0.4, 0.5) is 5.82 Å². The summed E-state index contributed by atoms with van der Waals surface area (Å²) in [6, 6.07) is 4.97. The van der Waals surface area contributed by atoms with Crippen molar-refractivity contribution in [3.63, 3.8) is 0 Å². The number of amides is 1. The standard InChI is InChI=1S/C24H29Cl2N7O2/c1-14(18-5-4-17(25)9-19(18)26)33-24-22(21(30-33)23(27)35)28-10-20(29-24)32-12-16(13-32)15-3-2-6-31(11-15)7-8-34/h4-5,9-10,14-16,34H,2-3,6-8,11-13H2,1H3,(H2,27,35). The lowest BCUT2D eigenvalue weighted by Gasteiger charge is -2.47. The number of fused-ring (bicyclic) bond motifs is 1. The van der Waals surface area contributed by atoms with E-state index in [1.165, 1.54) is 12.8 Å². The monoisotopic (exact) mass is 517 g/mol. The number of primary amides is 1. The van der Waals surface area contributed by atoms with E-state index in [2.05, 4.69) is 19.9 Å². The first-order valence-electron chi connectivity index (χ1n) is 11.9. The number of carbonyl (C=O) groups excluding carboxylic acids is 1. The number of likely N-dealkylation sites (tertiary alicyclic amines) is 1. The molecule has 4 heterocycles. The first kappa shape index (κ1) is 24.2. The molecule has 35 heavy (non-hydrogen) atoms. The number of carbonyl (C=O) groups is 1. The smallest absolute Gasteiger partial charge is 0.271 e. The molecule has 0 radical (unpaired) electrons. The molecular weight excluding hydrogens is 489 g/mol.